The van der Waals surface area contributed by atoms with E-state index in [-0.39, 0.29) is 16.1 Å². The monoisotopic (exact) mass is 401 g/mol. The fourth-order valence-electron chi connectivity index (χ4n) is 2.77. The second-order valence-electron chi connectivity index (χ2n) is 6.55. The first-order valence-corrected chi connectivity index (χ1v) is 10.2. The Labute approximate surface area is 163 Å². The molecule has 0 radical (unpaired) electrons. The third kappa shape index (κ3) is 3.68. The summed E-state index contributed by atoms with van der Waals surface area (Å²) in [5, 5.41) is 1.90. The summed E-state index contributed by atoms with van der Waals surface area (Å²) in [5.74, 6) is -0.531. The molecule has 1 N–H and O–H groups in total. The maximum Gasteiger partial charge on any atom is 0.256 e. The van der Waals surface area contributed by atoms with Gasteiger partial charge in [-0.25, -0.2) is 17.8 Å². The minimum absolute atomic E-state index is 0.0196. The molecule has 0 saturated heterocycles. The highest BCUT2D eigenvalue weighted by Crippen LogP contribution is 2.23. The number of sulfone groups is 1. The molecule has 2 aromatic carbocycles. The summed E-state index contributed by atoms with van der Waals surface area (Å²) in [6.45, 7) is 4.85. The number of imidazole rings is 1. The molecule has 0 saturated carbocycles. The van der Waals surface area contributed by atoms with E-state index in [1.54, 1.807) is 55.9 Å². The molecule has 0 aliphatic carbocycles. The van der Waals surface area contributed by atoms with E-state index in [0.29, 0.717) is 11.5 Å². The van der Waals surface area contributed by atoms with Crippen molar-refractivity contribution in [1.82, 2.24) is 9.55 Å². The van der Waals surface area contributed by atoms with Crippen molar-refractivity contribution in [3.8, 4) is 5.69 Å². The Hall–Kier alpha value is -3.00. The number of hydrogen-bond donors (Lipinski definition) is 1. The average molecular weight is 401 g/mol. The van der Waals surface area contributed by atoms with Gasteiger partial charge >= 0.3 is 0 Å². The number of rotatable bonds is 5. The van der Waals surface area contributed by atoms with E-state index in [1.807, 2.05) is 0 Å². The van der Waals surface area contributed by atoms with E-state index in [0.717, 1.165) is 0 Å². The van der Waals surface area contributed by atoms with Gasteiger partial charge in [-0.15, -0.1) is 0 Å². The zero-order valence-electron chi connectivity index (χ0n) is 15.7. The van der Waals surface area contributed by atoms with Gasteiger partial charge in [0, 0.05) is 18.1 Å². The van der Waals surface area contributed by atoms with Crippen LogP contribution in [-0.2, 0) is 9.84 Å². The van der Waals surface area contributed by atoms with E-state index >= 15 is 0 Å². The molecule has 0 bridgehead atoms. The summed E-state index contributed by atoms with van der Waals surface area (Å²) >= 11 is 0. The van der Waals surface area contributed by atoms with Gasteiger partial charge in [0.2, 0.25) is 0 Å². The third-order valence-corrected chi connectivity index (χ3v) is 6.56. The molecule has 3 aromatic rings. The first-order valence-electron chi connectivity index (χ1n) is 8.66. The Morgan fingerprint density at radius 2 is 1.89 bits per heavy atom. The Kier molecular flexibility index (Phi) is 5.33. The lowest BCUT2D eigenvalue weighted by Crippen LogP contribution is -2.20. The Morgan fingerprint density at radius 1 is 1.18 bits per heavy atom. The number of nitrogens with zero attached hydrogens (tertiary/aromatic N) is 2. The van der Waals surface area contributed by atoms with E-state index in [9.17, 15) is 17.6 Å². The van der Waals surface area contributed by atoms with Crippen LogP contribution in [0.15, 0.2) is 59.8 Å². The molecule has 0 unspecified atom stereocenters. The average Bonchev–Trinajstić information content (AvgIpc) is 3.07. The lowest BCUT2D eigenvalue weighted by Gasteiger charge is -2.13. The van der Waals surface area contributed by atoms with Crippen LogP contribution in [0.3, 0.4) is 0 Å². The number of nitrogens with one attached hydrogen (secondary N) is 1. The minimum Gasteiger partial charge on any atom is -0.322 e. The van der Waals surface area contributed by atoms with Gasteiger partial charge in [-0.05, 0) is 51.1 Å². The predicted molar refractivity (Wildman–Crippen MR) is 105 cm³/mol. The number of benzene rings is 2. The van der Waals surface area contributed by atoms with Crippen LogP contribution in [-0.4, -0.2) is 29.1 Å². The highest BCUT2D eigenvalue weighted by molar-refractivity contribution is 7.92. The van der Waals surface area contributed by atoms with Crippen molar-refractivity contribution in [2.24, 2.45) is 0 Å². The van der Waals surface area contributed by atoms with Gasteiger partial charge in [0.15, 0.2) is 9.84 Å². The Morgan fingerprint density at radius 3 is 2.50 bits per heavy atom. The second-order valence-corrected chi connectivity index (χ2v) is 9.03. The molecule has 0 aliphatic rings. The number of anilines is 1. The molecule has 0 aliphatic heterocycles. The topological polar surface area (TPSA) is 81.1 Å². The normalized spacial score (nSPS) is 11.6. The van der Waals surface area contributed by atoms with Gasteiger partial charge in [-0.2, -0.15) is 0 Å². The van der Waals surface area contributed by atoms with Gasteiger partial charge in [0.25, 0.3) is 5.91 Å². The maximum absolute atomic E-state index is 14.5. The maximum atomic E-state index is 14.5. The van der Waals surface area contributed by atoms with Crippen LogP contribution in [0.1, 0.15) is 30.0 Å². The molecule has 0 fully saturated rings. The first kappa shape index (κ1) is 19.8. The number of amides is 1. The summed E-state index contributed by atoms with van der Waals surface area (Å²) in [5.41, 5.74) is 0.544. The van der Waals surface area contributed by atoms with E-state index in [1.165, 1.54) is 24.3 Å². The molecular formula is C20H20FN3O3S. The zero-order valence-corrected chi connectivity index (χ0v) is 16.5. The number of hydrogen-bond acceptors (Lipinski definition) is 4. The van der Waals surface area contributed by atoms with Crippen LogP contribution in [0.5, 0.6) is 0 Å². The van der Waals surface area contributed by atoms with Gasteiger partial charge in [0.05, 0.1) is 21.4 Å². The number of halogens is 1. The number of carbonyl (C=O) groups is 1. The molecule has 1 amide bonds. The van der Waals surface area contributed by atoms with Crippen molar-refractivity contribution < 1.29 is 17.6 Å². The highest BCUT2D eigenvalue weighted by atomic mass is 32.2. The summed E-state index contributed by atoms with van der Waals surface area (Å²) < 4.78 is 41.2. The van der Waals surface area contributed by atoms with Gasteiger partial charge in [-0.3, -0.25) is 4.79 Å². The summed E-state index contributed by atoms with van der Waals surface area (Å²) in [6.07, 6.45) is 3.20. The highest BCUT2D eigenvalue weighted by Gasteiger charge is 2.25. The predicted octanol–water partition coefficient (Wildman–Crippen LogP) is 3.75. The molecule has 0 spiro atoms. The number of aryl methyl sites for hydroxylation is 1. The van der Waals surface area contributed by atoms with Crippen LogP contribution in [0.4, 0.5) is 10.1 Å². The van der Waals surface area contributed by atoms with Crippen LogP contribution < -0.4 is 5.32 Å². The van der Waals surface area contributed by atoms with Gasteiger partial charge < -0.3 is 9.88 Å². The first-order chi connectivity index (χ1) is 13.2. The lowest BCUT2D eigenvalue weighted by atomic mass is 10.2. The fraction of sp³-hybridized carbons (Fsp3) is 0.200. The second kappa shape index (κ2) is 7.55. The van der Waals surface area contributed by atoms with Gasteiger partial charge in [-0.1, -0.05) is 12.1 Å². The van der Waals surface area contributed by atoms with Crippen molar-refractivity contribution in [3.05, 3.63) is 72.1 Å². The van der Waals surface area contributed by atoms with E-state index in [2.05, 4.69) is 10.3 Å². The van der Waals surface area contributed by atoms with Gasteiger partial charge in [0.1, 0.15) is 11.6 Å². The molecule has 1 heterocycles. The summed E-state index contributed by atoms with van der Waals surface area (Å²) in [4.78, 5) is 16.7. The van der Waals surface area contributed by atoms with Crippen LogP contribution in [0, 0.1) is 12.7 Å². The zero-order chi connectivity index (χ0) is 20.5. The molecule has 0 atom stereocenters. The molecule has 146 valence electrons. The van der Waals surface area contributed by atoms with Crippen molar-refractivity contribution in [2.75, 3.05) is 5.32 Å². The molecule has 8 heteroatoms. The SMILES string of the molecule is Cc1nccn1-c1ccc(NC(=O)c2ccccc2S(=O)(=O)C(C)C)cc1F. The van der Waals surface area contributed by atoms with Crippen molar-refractivity contribution in [2.45, 2.75) is 30.9 Å². The molecule has 28 heavy (non-hydrogen) atoms. The standard InChI is InChI=1S/C20H20FN3O3S/c1-13(2)28(26,27)19-7-5-4-6-16(19)20(25)23-15-8-9-18(17(21)12-15)24-11-10-22-14(24)3/h4-13H,1-3H3,(H,23,25). The molecule has 6 nitrogen and oxygen atoms in total. The fourth-order valence-corrected chi connectivity index (χ4v) is 4.01. The minimum atomic E-state index is -3.64. The quantitative estimate of drug-likeness (QED) is 0.706. The number of carbonyl (C=O) groups excluding carboxylic acids is 1. The van der Waals surface area contributed by atoms with Crippen LogP contribution >= 0.6 is 0 Å². The van der Waals surface area contributed by atoms with E-state index in [4.69, 9.17) is 0 Å². The van der Waals surface area contributed by atoms with Crippen molar-refractivity contribution >= 4 is 21.4 Å². The lowest BCUT2D eigenvalue weighted by molar-refractivity contribution is 0.102. The largest absolute Gasteiger partial charge is 0.322 e. The van der Waals surface area contributed by atoms with Crippen molar-refractivity contribution in [1.29, 1.82) is 0 Å². The summed E-state index contributed by atoms with van der Waals surface area (Å²) in [7, 11) is -3.64. The molecule has 3 rings (SSSR count). The smallest absolute Gasteiger partial charge is 0.256 e. The third-order valence-electron chi connectivity index (χ3n) is 4.35. The van der Waals surface area contributed by atoms with Crippen LogP contribution in [0.25, 0.3) is 5.69 Å². The Balaban J connectivity index is 1.91. The molecule has 1 aromatic heterocycles. The van der Waals surface area contributed by atoms with Crippen LogP contribution in [0.2, 0.25) is 0 Å². The van der Waals surface area contributed by atoms with E-state index < -0.39 is 26.8 Å². The Bertz CT molecular complexity index is 1140. The molecular weight excluding hydrogens is 381 g/mol. The number of aromatic nitrogens is 2. The summed E-state index contributed by atoms with van der Waals surface area (Å²) in [6, 6.07) is 10.2. The van der Waals surface area contributed by atoms with Crippen molar-refractivity contribution in [3.63, 3.8) is 0 Å².